The molecular formula is C30H60. The summed E-state index contributed by atoms with van der Waals surface area (Å²) in [5, 5.41) is 0. The Labute approximate surface area is 193 Å². The smallest absolute Gasteiger partial charge is 0.0351 e. The Morgan fingerprint density at radius 1 is 0.400 bits per heavy atom. The molecule has 0 aliphatic rings. The third kappa shape index (κ3) is 25.8. The maximum Gasteiger partial charge on any atom is -0.0351 e. The van der Waals surface area contributed by atoms with Crippen molar-refractivity contribution in [2.24, 2.45) is 5.92 Å². The molecule has 0 aromatic heterocycles. The molecular weight excluding hydrogens is 360 g/mol. The normalized spacial score (nSPS) is 12.8. The van der Waals surface area contributed by atoms with E-state index in [2.05, 4.69) is 32.9 Å². The first-order valence-electron chi connectivity index (χ1n) is 14.5. The van der Waals surface area contributed by atoms with Gasteiger partial charge in [-0.2, -0.15) is 0 Å². The van der Waals surface area contributed by atoms with Gasteiger partial charge in [0.15, 0.2) is 0 Å². The van der Waals surface area contributed by atoms with Gasteiger partial charge in [0.2, 0.25) is 0 Å². The van der Waals surface area contributed by atoms with Crippen molar-refractivity contribution in [1.82, 2.24) is 0 Å². The molecule has 0 fully saturated rings. The van der Waals surface area contributed by atoms with Crippen molar-refractivity contribution in [2.45, 2.75) is 175 Å². The first-order chi connectivity index (χ1) is 14.8. The summed E-state index contributed by atoms with van der Waals surface area (Å²) in [6, 6.07) is 0. The van der Waals surface area contributed by atoms with Gasteiger partial charge in [0.1, 0.15) is 0 Å². The number of allylic oxidation sites excluding steroid dienone is 2. The van der Waals surface area contributed by atoms with E-state index >= 15 is 0 Å². The minimum Gasteiger partial charge on any atom is -0.0885 e. The summed E-state index contributed by atoms with van der Waals surface area (Å²) in [5.41, 5.74) is 0. The Hall–Kier alpha value is -0.260. The van der Waals surface area contributed by atoms with Crippen LogP contribution in [-0.4, -0.2) is 0 Å². The lowest BCUT2D eigenvalue weighted by molar-refractivity contribution is 0.430. The van der Waals surface area contributed by atoms with Crippen LogP contribution < -0.4 is 0 Å². The zero-order valence-electron chi connectivity index (χ0n) is 21.7. The highest BCUT2D eigenvalue weighted by Gasteiger charge is 2.02. The highest BCUT2D eigenvalue weighted by atomic mass is 14.1. The minimum absolute atomic E-state index is 0.960. The van der Waals surface area contributed by atoms with Crippen molar-refractivity contribution in [3.63, 3.8) is 0 Å². The molecule has 0 amide bonds. The number of hydrogen-bond acceptors (Lipinski definition) is 0. The second-order valence-electron chi connectivity index (χ2n) is 10.1. The highest BCUT2D eigenvalue weighted by Crippen LogP contribution is 2.19. The Kier molecular flexibility index (Phi) is 26.5. The fourth-order valence-electron chi connectivity index (χ4n) is 4.52. The molecule has 0 aromatic carbocycles. The van der Waals surface area contributed by atoms with Gasteiger partial charge in [-0.05, 0) is 25.2 Å². The number of unbranched alkanes of at least 4 members (excludes halogenated alkanes) is 19. The van der Waals surface area contributed by atoms with Crippen LogP contribution in [0.3, 0.4) is 0 Å². The Bertz CT molecular complexity index is 316. The zero-order valence-corrected chi connectivity index (χ0v) is 21.7. The van der Waals surface area contributed by atoms with Gasteiger partial charge < -0.3 is 0 Å². The number of rotatable bonds is 25. The molecule has 30 heavy (non-hydrogen) atoms. The van der Waals surface area contributed by atoms with Crippen LogP contribution in [-0.2, 0) is 0 Å². The van der Waals surface area contributed by atoms with E-state index < -0.39 is 0 Å². The molecule has 0 aliphatic heterocycles. The molecule has 0 rings (SSSR count). The fraction of sp³-hybridized carbons (Fsp3) is 0.933. The predicted octanol–water partition coefficient (Wildman–Crippen LogP) is 11.6. The molecule has 0 aliphatic carbocycles. The summed E-state index contributed by atoms with van der Waals surface area (Å²) in [4.78, 5) is 0. The molecule has 0 bridgehead atoms. The van der Waals surface area contributed by atoms with E-state index in [1.165, 1.54) is 154 Å². The van der Waals surface area contributed by atoms with Gasteiger partial charge in [0, 0.05) is 0 Å². The van der Waals surface area contributed by atoms with Crippen LogP contribution in [0.25, 0.3) is 0 Å². The average molecular weight is 421 g/mol. The quantitative estimate of drug-likeness (QED) is 0.102. The summed E-state index contributed by atoms with van der Waals surface area (Å²) < 4.78 is 0. The monoisotopic (exact) mass is 420 g/mol. The zero-order chi connectivity index (χ0) is 22.0. The molecule has 1 unspecified atom stereocenters. The Morgan fingerprint density at radius 3 is 1.20 bits per heavy atom. The third-order valence-corrected chi connectivity index (χ3v) is 6.74. The molecule has 0 saturated heterocycles. The molecule has 0 heteroatoms. The van der Waals surface area contributed by atoms with Crippen LogP contribution in [0, 0.1) is 5.92 Å². The van der Waals surface area contributed by atoms with Crippen LogP contribution in [0.15, 0.2) is 12.2 Å². The van der Waals surface area contributed by atoms with E-state index in [4.69, 9.17) is 0 Å². The first kappa shape index (κ1) is 29.7. The van der Waals surface area contributed by atoms with Gasteiger partial charge in [0.25, 0.3) is 0 Å². The van der Waals surface area contributed by atoms with Crippen LogP contribution in [0.4, 0.5) is 0 Å². The summed E-state index contributed by atoms with van der Waals surface area (Å²) >= 11 is 0. The lowest BCUT2D eigenvalue weighted by atomic mass is 9.95. The lowest BCUT2D eigenvalue weighted by Crippen LogP contribution is -1.95. The van der Waals surface area contributed by atoms with Gasteiger partial charge in [-0.3, -0.25) is 0 Å². The van der Waals surface area contributed by atoms with E-state index in [0.717, 1.165) is 5.92 Å². The standard InChI is InChI=1S/C30H60/c1-4-6-8-10-12-14-16-17-19-21-23-25-27-29-30(3)28-26-24-22-20-18-15-13-11-9-7-5-2/h9,11,30H,4-8,10,12-29H2,1-3H3/b11-9+. The Balaban J connectivity index is 3.16. The SMILES string of the molecule is CCC/C=C/CCCCCCCCC(C)CCCCCCCCCCCCCCC. The molecule has 1 atom stereocenters. The van der Waals surface area contributed by atoms with Crippen LogP contribution in [0.5, 0.6) is 0 Å². The molecule has 0 nitrogen and oxygen atoms in total. The molecule has 0 aromatic rings. The molecule has 0 radical (unpaired) electrons. The van der Waals surface area contributed by atoms with Gasteiger partial charge in [-0.25, -0.2) is 0 Å². The molecule has 180 valence electrons. The van der Waals surface area contributed by atoms with Crippen molar-refractivity contribution in [2.75, 3.05) is 0 Å². The van der Waals surface area contributed by atoms with Crippen molar-refractivity contribution in [3.8, 4) is 0 Å². The van der Waals surface area contributed by atoms with E-state index in [1.807, 2.05) is 0 Å². The van der Waals surface area contributed by atoms with Crippen molar-refractivity contribution in [1.29, 1.82) is 0 Å². The van der Waals surface area contributed by atoms with Gasteiger partial charge in [0.05, 0.1) is 0 Å². The second-order valence-corrected chi connectivity index (χ2v) is 10.1. The van der Waals surface area contributed by atoms with E-state index in [1.54, 1.807) is 0 Å². The highest BCUT2D eigenvalue weighted by molar-refractivity contribution is 4.80. The van der Waals surface area contributed by atoms with Gasteiger partial charge >= 0.3 is 0 Å². The second kappa shape index (κ2) is 26.8. The molecule has 0 heterocycles. The summed E-state index contributed by atoms with van der Waals surface area (Å²) in [5.74, 6) is 0.960. The number of hydrogen-bond donors (Lipinski definition) is 0. The topological polar surface area (TPSA) is 0 Å². The lowest BCUT2D eigenvalue weighted by Gasteiger charge is -2.11. The minimum atomic E-state index is 0.960. The van der Waals surface area contributed by atoms with Crippen molar-refractivity contribution >= 4 is 0 Å². The summed E-state index contributed by atoms with van der Waals surface area (Å²) in [7, 11) is 0. The van der Waals surface area contributed by atoms with Crippen LogP contribution >= 0.6 is 0 Å². The largest absolute Gasteiger partial charge is 0.0885 e. The third-order valence-electron chi connectivity index (χ3n) is 6.74. The maximum absolute atomic E-state index is 2.49. The maximum atomic E-state index is 2.49. The van der Waals surface area contributed by atoms with E-state index in [-0.39, 0.29) is 0 Å². The van der Waals surface area contributed by atoms with E-state index in [9.17, 15) is 0 Å². The average Bonchev–Trinajstić information content (AvgIpc) is 2.75. The Morgan fingerprint density at radius 2 is 0.767 bits per heavy atom. The van der Waals surface area contributed by atoms with Crippen LogP contribution in [0.2, 0.25) is 0 Å². The molecule has 0 saturated carbocycles. The molecule has 0 spiro atoms. The predicted molar refractivity (Wildman–Crippen MR) is 140 cm³/mol. The molecule has 0 N–H and O–H groups in total. The van der Waals surface area contributed by atoms with Gasteiger partial charge in [-0.1, -0.05) is 168 Å². The summed E-state index contributed by atoms with van der Waals surface area (Å²) in [6.07, 6.45) is 39.3. The fourth-order valence-corrected chi connectivity index (χ4v) is 4.52. The van der Waals surface area contributed by atoms with Gasteiger partial charge in [-0.15, -0.1) is 0 Å². The van der Waals surface area contributed by atoms with Crippen molar-refractivity contribution < 1.29 is 0 Å². The first-order valence-corrected chi connectivity index (χ1v) is 14.5. The summed E-state index contributed by atoms with van der Waals surface area (Å²) in [6.45, 7) is 7.05. The van der Waals surface area contributed by atoms with E-state index in [0.29, 0.717) is 0 Å². The van der Waals surface area contributed by atoms with Crippen molar-refractivity contribution in [3.05, 3.63) is 12.2 Å². The van der Waals surface area contributed by atoms with Crippen LogP contribution in [0.1, 0.15) is 175 Å².